The second-order valence-electron chi connectivity index (χ2n) is 7.11. The fourth-order valence-electron chi connectivity index (χ4n) is 3.46. The van der Waals surface area contributed by atoms with E-state index in [0.29, 0.717) is 0 Å². The molecule has 0 saturated heterocycles. The zero-order valence-corrected chi connectivity index (χ0v) is 21.9. The van der Waals surface area contributed by atoms with Crippen LogP contribution < -0.4 is 20.1 Å². The number of H-pyrrole nitrogens is 1. The molecule has 0 amide bonds. The smallest absolute Gasteiger partial charge is 0.190 e. The topological polar surface area (TPSA) is 83.6 Å². The van der Waals surface area contributed by atoms with Crippen LogP contribution in [0.2, 0.25) is 0 Å². The maximum Gasteiger partial charge on any atom is 0.190 e. The maximum atomic E-state index is 5.49. The van der Waals surface area contributed by atoms with E-state index in [-0.39, 0.29) is 24.0 Å². The molecule has 0 spiro atoms. The molecule has 0 aliphatic rings. The Labute approximate surface area is 205 Å². The largest absolute Gasteiger partial charge is 0.497 e. The number of benzene rings is 1. The van der Waals surface area contributed by atoms with Crippen molar-refractivity contribution in [1.29, 1.82) is 0 Å². The Morgan fingerprint density at radius 3 is 2.52 bits per heavy atom. The molecule has 0 bridgehead atoms. The number of fused-ring (bicyclic) bond motifs is 1. The summed E-state index contributed by atoms with van der Waals surface area (Å²) in [7, 11) is 5.15. The van der Waals surface area contributed by atoms with E-state index >= 15 is 0 Å². The molecule has 0 aliphatic heterocycles. The maximum absolute atomic E-state index is 5.49. The molecule has 3 rings (SSSR count). The average Bonchev–Trinajstić information content (AvgIpc) is 3.30. The second-order valence-corrected chi connectivity index (χ2v) is 8.39. The summed E-state index contributed by atoms with van der Waals surface area (Å²) >= 11 is 1.77. The van der Waals surface area contributed by atoms with E-state index in [1.165, 1.54) is 10.6 Å². The molecule has 31 heavy (non-hydrogen) atoms. The molecule has 0 atom stereocenters. The third kappa shape index (κ3) is 6.73. The van der Waals surface area contributed by atoms with E-state index in [2.05, 4.69) is 45.5 Å². The number of aromatic nitrogens is 2. The Morgan fingerprint density at radius 1 is 1.10 bits per heavy atom. The van der Waals surface area contributed by atoms with Crippen LogP contribution in [-0.2, 0) is 12.8 Å². The van der Waals surface area contributed by atoms with Gasteiger partial charge in [-0.15, -0.1) is 35.3 Å². The number of aromatic amines is 1. The van der Waals surface area contributed by atoms with Crippen LogP contribution in [0, 0.1) is 13.8 Å². The molecule has 1 aromatic carbocycles. The SMILES string of the molecule is CN=C(NCCCc1cc2c(OC)cc(OC)cc2[nH]1)NCCc1sc(C)nc1C.I. The predicted octanol–water partition coefficient (Wildman–Crippen LogP) is 4.22. The third-order valence-corrected chi connectivity index (χ3v) is 6.10. The van der Waals surface area contributed by atoms with E-state index in [1.807, 2.05) is 12.1 Å². The summed E-state index contributed by atoms with van der Waals surface area (Å²) in [6, 6.07) is 6.06. The van der Waals surface area contributed by atoms with Gasteiger partial charge in [-0.2, -0.15) is 0 Å². The number of rotatable bonds is 9. The minimum Gasteiger partial charge on any atom is -0.497 e. The summed E-state index contributed by atoms with van der Waals surface area (Å²) < 4.78 is 10.8. The number of ether oxygens (including phenoxy) is 2. The van der Waals surface area contributed by atoms with Gasteiger partial charge in [-0.3, -0.25) is 4.99 Å². The van der Waals surface area contributed by atoms with Crippen LogP contribution in [0.1, 0.15) is 27.7 Å². The molecule has 7 nitrogen and oxygen atoms in total. The summed E-state index contributed by atoms with van der Waals surface area (Å²) in [6.45, 7) is 5.80. The summed E-state index contributed by atoms with van der Waals surface area (Å²) in [4.78, 5) is 13.6. The van der Waals surface area contributed by atoms with Gasteiger partial charge in [0.25, 0.3) is 0 Å². The molecule has 3 aromatic rings. The standard InChI is InChI=1S/C22H31N5O2S.HI/c1-14-21(30-15(2)26-14)8-10-25-22(23-3)24-9-6-7-16-11-18-19(27-16)12-17(28-4)13-20(18)29-5;/h11-13,27H,6-10H2,1-5H3,(H2,23,24,25);1H. The van der Waals surface area contributed by atoms with Gasteiger partial charge in [0.05, 0.1) is 30.4 Å². The quantitative estimate of drug-likeness (QED) is 0.159. The Hall–Kier alpha value is -2.01. The molecule has 0 fully saturated rings. The highest BCUT2D eigenvalue weighted by Crippen LogP contribution is 2.31. The molecule has 170 valence electrons. The van der Waals surface area contributed by atoms with Crippen molar-refractivity contribution < 1.29 is 9.47 Å². The molecule has 9 heteroatoms. The number of nitrogens with one attached hydrogen (secondary N) is 3. The van der Waals surface area contributed by atoms with Gasteiger partial charge < -0.3 is 25.1 Å². The first-order valence-electron chi connectivity index (χ1n) is 10.1. The zero-order chi connectivity index (χ0) is 21.5. The van der Waals surface area contributed by atoms with Crippen LogP contribution >= 0.6 is 35.3 Å². The van der Waals surface area contributed by atoms with Gasteiger partial charge in [0.2, 0.25) is 0 Å². The van der Waals surface area contributed by atoms with Crippen molar-refractivity contribution in [2.75, 3.05) is 34.4 Å². The first kappa shape index (κ1) is 25.3. The first-order chi connectivity index (χ1) is 14.5. The monoisotopic (exact) mass is 557 g/mol. The van der Waals surface area contributed by atoms with Crippen molar-refractivity contribution in [3.8, 4) is 11.5 Å². The van der Waals surface area contributed by atoms with E-state index in [0.717, 1.165) is 71.4 Å². The van der Waals surface area contributed by atoms with Gasteiger partial charge in [-0.05, 0) is 32.8 Å². The van der Waals surface area contributed by atoms with Gasteiger partial charge in [0.1, 0.15) is 11.5 Å². The Bertz CT molecular complexity index is 1010. The first-order valence-corrected chi connectivity index (χ1v) is 11.0. The highest BCUT2D eigenvalue weighted by atomic mass is 127. The molecule has 0 radical (unpaired) electrons. The van der Waals surface area contributed by atoms with E-state index in [4.69, 9.17) is 9.47 Å². The number of thiazole rings is 1. The number of halogens is 1. The van der Waals surface area contributed by atoms with Crippen molar-refractivity contribution >= 4 is 52.2 Å². The van der Waals surface area contributed by atoms with Crippen LogP contribution in [0.3, 0.4) is 0 Å². The van der Waals surface area contributed by atoms with Crippen molar-refractivity contribution in [2.45, 2.75) is 33.1 Å². The Morgan fingerprint density at radius 2 is 1.87 bits per heavy atom. The lowest BCUT2D eigenvalue weighted by Gasteiger charge is -2.11. The molecule has 2 aromatic heterocycles. The number of aryl methyl sites for hydroxylation is 3. The van der Waals surface area contributed by atoms with Gasteiger partial charge in [0.15, 0.2) is 5.96 Å². The lowest BCUT2D eigenvalue weighted by atomic mass is 10.2. The molecule has 0 saturated carbocycles. The zero-order valence-electron chi connectivity index (χ0n) is 18.8. The number of nitrogens with zero attached hydrogens (tertiary/aromatic N) is 2. The lowest BCUT2D eigenvalue weighted by molar-refractivity contribution is 0.398. The highest BCUT2D eigenvalue weighted by Gasteiger charge is 2.09. The normalized spacial score (nSPS) is 11.3. The van der Waals surface area contributed by atoms with Crippen LogP contribution in [0.25, 0.3) is 10.9 Å². The minimum absolute atomic E-state index is 0. The van der Waals surface area contributed by atoms with Crippen molar-refractivity contribution in [3.05, 3.63) is 39.5 Å². The Balaban J connectivity index is 0.00000341. The third-order valence-electron chi connectivity index (χ3n) is 4.97. The van der Waals surface area contributed by atoms with Crippen molar-refractivity contribution in [2.24, 2.45) is 4.99 Å². The van der Waals surface area contributed by atoms with Crippen molar-refractivity contribution in [3.63, 3.8) is 0 Å². The van der Waals surface area contributed by atoms with E-state index in [9.17, 15) is 0 Å². The number of methoxy groups -OCH3 is 2. The van der Waals surface area contributed by atoms with Gasteiger partial charge in [-0.1, -0.05) is 0 Å². The van der Waals surface area contributed by atoms with Crippen molar-refractivity contribution in [1.82, 2.24) is 20.6 Å². The number of aliphatic imine (C=N–C) groups is 1. The van der Waals surface area contributed by atoms with Crippen LogP contribution in [-0.4, -0.2) is 50.3 Å². The van der Waals surface area contributed by atoms with Gasteiger partial charge in [-0.25, -0.2) is 4.98 Å². The van der Waals surface area contributed by atoms with Crippen LogP contribution in [0.5, 0.6) is 11.5 Å². The number of guanidine groups is 1. The molecule has 0 unspecified atom stereocenters. The molecule has 2 heterocycles. The van der Waals surface area contributed by atoms with Gasteiger partial charge >= 0.3 is 0 Å². The predicted molar refractivity (Wildman–Crippen MR) is 140 cm³/mol. The highest BCUT2D eigenvalue weighted by molar-refractivity contribution is 14.0. The minimum atomic E-state index is 0. The summed E-state index contributed by atoms with van der Waals surface area (Å²) in [6.07, 6.45) is 2.88. The van der Waals surface area contributed by atoms with Crippen LogP contribution in [0.4, 0.5) is 0 Å². The summed E-state index contributed by atoms with van der Waals surface area (Å²) in [5.41, 5.74) is 3.34. The molecule has 3 N–H and O–H groups in total. The lowest BCUT2D eigenvalue weighted by Crippen LogP contribution is -2.38. The molecular formula is C22H32IN5O2S. The van der Waals surface area contributed by atoms with E-state index < -0.39 is 0 Å². The number of hydrogen-bond donors (Lipinski definition) is 3. The average molecular weight is 558 g/mol. The summed E-state index contributed by atoms with van der Waals surface area (Å²) in [5, 5.41) is 8.97. The fourth-order valence-corrected chi connectivity index (χ4v) is 4.40. The second kappa shape index (κ2) is 12.1. The Kier molecular flexibility index (Phi) is 9.89. The summed E-state index contributed by atoms with van der Waals surface area (Å²) in [5.74, 6) is 2.44. The van der Waals surface area contributed by atoms with Gasteiger partial charge in [0, 0.05) is 54.6 Å². The fraction of sp³-hybridized carbons (Fsp3) is 0.455. The molecular weight excluding hydrogens is 525 g/mol. The van der Waals surface area contributed by atoms with Crippen LogP contribution in [0.15, 0.2) is 23.2 Å². The molecule has 0 aliphatic carbocycles. The van der Waals surface area contributed by atoms with E-state index in [1.54, 1.807) is 32.6 Å². The number of hydrogen-bond acceptors (Lipinski definition) is 5.